The van der Waals surface area contributed by atoms with Crippen LogP contribution in [0.15, 0.2) is 36.5 Å². The highest BCUT2D eigenvalue weighted by Crippen LogP contribution is 2.15. The standard InChI is InChI=1S/C16H23N3/c1-13(2)18-10-5-9-17-12-16-15-7-4-3-6-14(15)8-11-19-16/h3-4,6-8,11,13,17-18H,5,9-10,12H2,1-2H3. The molecule has 0 unspecified atom stereocenters. The van der Waals surface area contributed by atoms with Crippen LogP contribution in [0.2, 0.25) is 0 Å². The maximum absolute atomic E-state index is 4.47. The molecule has 0 amide bonds. The summed E-state index contributed by atoms with van der Waals surface area (Å²) in [7, 11) is 0. The SMILES string of the molecule is CC(C)NCCCNCc1nccc2ccccc12. The smallest absolute Gasteiger partial charge is 0.0619 e. The van der Waals surface area contributed by atoms with Crippen LogP contribution in [0.5, 0.6) is 0 Å². The molecular weight excluding hydrogens is 234 g/mol. The van der Waals surface area contributed by atoms with E-state index in [0.717, 1.165) is 31.7 Å². The molecule has 0 aliphatic rings. The lowest BCUT2D eigenvalue weighted by molar-refractivity contribution is 0.546. The van der Waals surface area contributed by atoms with Crippen LogP contribution < -0.4 is 10.6 Å². The van der Waals surface area contributed by atoms with Gasteiger partial charge in [-0.3, -0.25) is 4.98 Å². The zero-order valence-corrected chi connectivity index (χ0v) is 11.8. The van der Waals surface area contributed by atoms with Gasteiger partial charge in [0.05, 0.1) is 5.69 Å². The van der Waals surface area contributed by atoms with Crippen LogP contribution in [0.3, 0.4) is 0 Å². The molecule has 1 aromatic heterocycles. The Kier molecular flexibility index (Phi) is 5.31. The summed E-state index contributed by atoms with van der Waals surface area (Å²) in [5.41, 5.74) is 1.13. The zero-order chi connectivity index (χ0) is 13.5. The maximum Gasteiger partial charge on any atom is 0.0619 e. The Hall–Kier alpha value is -1.45. The molecule has 0 spiro atoms. The van der Waals surface area contributed by atoms with Crippen molar-refractivity contribution >= 4 is 10.8 Å². The van der Waals surface area contributed by atoms with Gasteiger partial charge in [0.2, 0.25) is 0 Å². The van der Waals surface area contributed by atoms with Crippen molar-refractivity contribution in [2.75, 3.05) is 13.1 Å². The lowest BCUT2D eigenvalue weighted by Crippen LogP contribution is -2.26. The van der Waals surface area contributed by atoms with E-state index < -0.39 is 0 Å². The number of hydrogen-bond acceptors (Lipinski definition) is 3. The van der Waals surface area contributed by atoms with E-state index in [9.17, 15) is 0 Å². The van der Waals surface area contributed by atoms with E-state index in [1.807, 2.05) is 6.20 Å². The van der Waals surface area contributed by atoms with Crippen molar-refractivity contribution in [3.8, 4) is 0 Å². The first-order chi connectivity index (χ1) is 9.27. The largest absolute Gasteiger partial charge is 0.314 e. The Morgan fingerprint density at radius 1 is 1.11 bits per heavy atom. The average molecular weight is 257 g/mol. The highest BCUT2D eigenvalue weighted by Gasteiger charge is 2.00. The van der Waals surface area contributed by atoms with Crippen molar-refractivity contribution in [1.82, 2.24) is 15.6 Å². The van der Waals surface area contributed by atoms with Gasteiger partial charge in [-0.25, -0.2) is 0 Å². The molecular formula is C16H23N3. The number of fused-ring (bicyclic) bond motifs is 1. The number of rotatable bonds is 7. The molecule has 0 radical (unpaired) electrons. The third-order valence-corrected chi connectivity index (χ3v) is 3.13. The van der Waals surface area contributed by atoms with Gasteiger partial charge in [0.25, 0.3) is 0 Å². The van der Waals surface area contributed by atoms with Crippen molar-refractivity contribution < 1.29 is 0 Å². The molecule has 1 aromatic carbocycles. The van der Waals surface area contributed by atoms with Gasteiger partial charge in [-0.05, 0) is 31.0 Å². The summed E-state index contributed by atoms with van der Waals surface area (Å²) in [6, 6.07) is 11.0. The van der Waals surface area contributed by atoms with E-state index in [1.165, 1.54) is 10.8 Å². The molecule has 1 heterocycles. The Morgan fingerprint density at radius 2 is 1.95 bits per heavy atom. The minimum atomic E-state index is 0.569. The first-order valence-electron chi connectivity index (χ1n) is 7.04. The van der Waals surface area contributed by atoms with E-state index in [0.29, 0.717) is 6.04 Å². The molecule has 3 nitrogen and oxygen atoms in total. The van der Waals surface area contributed by atoms with Gasteiger partial charge < -0.3 is 10.6 Å². The summed E-state index contributed by atoms with van der Waals surface area (Å²) in [6.07, 6.45) is 3.03. The van der Waals surface area contributed by atoms with Crippen LogP contribution >= 0.6 is 0 Å². The molecule has 2 rings (SSSR count). The highest BCUT2D eigenvalue weighted by molar-refractivity contribution is 5.84. The predicted octanol–water partition coefficient (Wildman–Crippen LogP) is 2.71. The summed E-state index contributed by atoms with van der Waals surface area (Å²) in [4.78, 5) is 4.47. The van der Waals surface area contributed by atoms with E-state index in [4.69, 9.17) is 0 Å². The zero-order valence-electron chi connectivity index (χ0n) is 11.8. The van der Waals surface area contributed by atoms with Crippen molar-refractivity contribution in [2.45, 2.75) is 32.9 Å². The molecule has 0 aliphatic carbocycles. The quantitative estimate of drug-likeness (QED) is 0.749. The lowest BCUT2D eigenvalue weighted by Gasteiger charge is -2.09. The Morgan fingerprint density at radius 3 is 2.79 bits per heavy atom. The van der Waals surface area contributed by atoms with Crippen LogP contribution in [0, 0.1) is 0 Å². The molecule has 2 N–H and O–H groups in total. The fourth-order valence-electron chi connectivity index (χ4n) is 2.13. The van der Waals surface area contributed by atoms with Crippen LogP contribution in [0.4, 0.5) is 0 Å². The lowest BCUT2D eigenvalue weighted by atomic mass is 10.1. The van der Waals surface area contributed by atoms with Gasteiger partial charge in [-0.2, -0.15) is 0 Å². The van der Waals surface area contributed by atoms with Gasteiger partial charge in [0, 0.05) is 24.2 Å². The monoisotopic (exact) mass is 257 g/mol. The molecule has 2 aromatic rings. The summed E-state index contributed by atoms with van der Waals surface area (Å²) in [6.45, 7) is 7.27. The molecule has 0 bridgehead atoms. The van der Waals surface area contributed by atoms with Gasteiger partial charge in [-0.15, -0.1) is 0 Å². The van der Waals surface area contributed by atoms with E-state index in [2.05, 4.69) is 59.8 Å². The van der Waals surface area contributed by atoms with Crippen molar-refractivity contribution in [1.29, 1.82) is 0 Å². The van der Waals surface area contributed by atoms with E-state index in [1.54, 1.807) is 0 Å². The fourth-order valence-corrected chi connectivity index (χ4v) is 2.13. The van der Waals surface area contributed by atoms with Crippen molar-refractivity contribution in [3.63, 3.8) is 0 Å². The molecule has 0 saturated heterocycles. The fraction of sp³-hybridized carbons (Fsp3) is 0.438. The second kappa shape index (κ2) is 7.22. The van der Waals surface area contributed by atoms with E-state index >= 15 is 0 Å². The van der Waals surface area contributed by atoms with Crippen molar-refractivity contribution in [2.24, 2.45) is 0 Å². The van der Waals surface area contributed by atoms with Crippen molar-refractivity contribution in [3.05, 3.63) is 42.2 Å². The third-order valence-electron chi connectivity index (χ3n) is 3.13. The minimum absolute atomic E-state index is 0.569. The molecule has 0 atom stereocenters. The van der Waals surface area contributed by atoms with Gasteiger partial charge in [-0.1, -0.05) is 38.1 Å². The number of hydrogen-bond donors (Lipinski definition) is 2. The van der Waals surface area contributed by atoms with Crippen LogP contribution in [0.1, 0.15) is 26.0 Å². The molecule has 0 aliphatic heterocycles. The van der Waals surface area contributed by atoms with Gasteiger partial charge >= 0.3 is 0 Å². The molecule has 0 saturated carbocycles. The third kappa shape index (κ3) is 4.30. The number of nitrogens with zero attached hydrogens (tertiary/aromatic N) is 1. The summed E-state index contributed by atoms with van der Waals surface area (Å²) in [5, 5.41) is 9.39. The summed E-state index contributed by atoms with van der Waals surface area (Å²) < 4.78 is 0. The second-order valence-electron chi connectivity index (χ2n) is 5.12. The van der Waals surface area contributed by atoms with E-state index in [-0.39, 0.29) is 0 Å². The second-order valence-corrected chi connectivity index (χ2v) is 5.12. The Balaban J connectivity index is 1.82. The number of nitrogens with one attached hydrogen (secondary N) is 2. The number of benzene rings is 1. The van der Waals surface area contributed by atoms with Crippen LogP contribution in [-0.2, 0) is 6.54 Å². The number of aromatic nitrogens is 1. The van der Waals surface area contributed by atoms with Crippen LogP contribution in [-0.4, -0.2) is 24.1 Å². The minimum Gasteiger partial charge on any atom is -0.314 e. The molecule has 0 fully saturated rings. The molecule has 102 valence electrons. The normalized spacial score (nSPS) is 11.3. The first kappa shape index (κ1) is 14.0. The van der Waals surface area contributed by atoms with Crippen LogP contribution in [0.25, 0.3) is 10.8 Å². The first-order valence-corrected chi connectivity index (χ1v) is 7.04. The molecule has 19 heavy (non-hydrogen) atoms. The Bertz CT molecular complexity index is 503. The highest BCUT2D eigenvalue weighted by atomic mass is 14.9. The topological polar surface area (TPSA) is 37.0 Å². The average Bonchev–Trinajstić information content (AvgIpc) is 2.42. The number of pyridine rings is 1. The Labute approximate surface area is 115 Å². The maximum atomic E-state index is 4.47. The molecule has 3 heteroatoms. The summed E-state index contributed by atoms with van der Waals surface area (Å²) >= 11 is 0. The van der Waals surface area contributed by atoms with Gasteiger partial charge in [0.15, 0.2) is 0 Å². The van der Waals surface area contributed by atoms with Gasteiger partial charge in [0.1, 0.15) is 0 Å². The predicted molar refractivity (Wildman–Crippen MR) is 81.2 cm³/mol. The summed E-state index contributed by atoms with van der Waals surface area (Å²) in [5.74, 6) is 0.